The predicted molar refractivity (Wildman–Crippen MR) is 94.6 cm³/mol. The van der Waals surface area contributed by atoms with Crippen molar-refractivity contribution in [2.75, 3.05) is 7.05 Å². The van der Waals surface area contributed by atoms with E-state index in [2.05, 4.69) is 34.6 Å². The first-order chi connectivity index (χ1) is 10.1. The summed E-state index contributed by atoms with van der Waals surface area (Å²) < 4.78 is 0. The Balaban J connectivity index is 2.13. The molecule has 2 aromatic carbocycles. The van der Waals surface area contributed by atoms with E-state index in [1.807, 2.05) is 67.4 Å². The van der Waals surface area contributed by atoms with Crippen LogP contribution in [0.3, 0.4) is 0 Å². The highest BCUT2D eigenvalue weighted by atomic mass is 79.9. The third-order valence-electron chi connectivity index (χ3n) is 3.34. The second-order valence-electron chi connectivity index (χ2n) is 4.81. The van der Waals surface area contributed by atoms with Gasteiger partial charge in [-0.3, -0.25) is 4.99 Å². The summed E-state index contributed by atoms with van der Waals surface area (Å²) in [4.78, 5) is 6.71. The molecule has 2 rings (SSSR count). The molecule has 0 spiro atoms. The van der Waals surface area contributed by atoms with Crippen LogP contribution in [0.5, 0.6) is 0 Å². The van der Waals surface area contributed by atoms with E-state index in [-0.39, 0.29) is 5.08 Å². The van der Waals surface area contributed by atoms with Gasteiger partial charge in [-0.15, -0.1) is 0 Å². The van der Waals surface area contributed by atoms with Gasteiger partial charge in [-0.1, -0.05) is 67.2 Å². The van der Waals surface area contributed by atoms with Crippen LogP contribution in [0, 0.1) is 0 Å². The molecule has 1 unspecified atom stereocenters. The monoisotopic (exact) mass is 342 g/mol. The molecule has 0 bridgehead atoms. The summed E-state index contributed by atoms with van der Waals surface area (Å²) in [5, 5.41) is -0.148. The van der Waals surface area contributed by atoms with E-state index < -0.39 is 0 Å². The Labute approximate surface area is 135 Å². The SMILES string of the molecule is C=C(c1ccccc1)N(C)C(Br)/N=C(\C)c1ccccc1. The van der Waals surface area contributed by atoms with Crippen LogP contribution in [-0.4, -0.2) is 22.7 Å². The molecule has 0 N–H and O–H groups in total. The third kappa shape index (κ3) is 4.05. The topological polar surface area (TPSA) is 15.6 Å². The van der Waals surface area contributed by atoms with Crippen LogP contribution in [0.4, 0.5) is 0 Å². The molecule has 0 fully saturated rings. The summed E-state index contributed by atoms with van der Waals surface area (Å²) >= 11 is 3.62. The minimum absolute atomic E-state index is 0.148. The number of halogens is 1. The van der Waals surface area contributed by atoms with Crippen LogP contribution in [0.25, 0.3) is 5.70 Å². The largest absolute Gasteiger partial charge is 0.344 e. The standard InChI is InChI=1S/C18H19BrN2/c1-14(16-10-6-4-7-11-16)20-18(19)21(3)15(2)17-12-8-5-9-13-17/h4-13,18H,2H2,1,3H3/b20-14+. The van der Waals surface area contributed by atoms with E-state index in [4.69, 9.17) is 4.99 Å². The Morgan fingerprint density at radius 1 is 1.00 bits per heavy atom. The zero-order valence-electron chi connectivity index (χ0n) is 12.3. The van der Waals surface area contributed by atoms with E-state index in [0.717, 1.165) is 22.5 Å². The fraction of sp³-hybridized carbons (Fsp3) is 0.167. The highest BCUT2D eigenvalue weighted by Crippen LogP contribution is 2.21. The van der Waals surface area contributed by atoms with Gasteiger partial charge in [0, 0.05) is 18.5 Å². The number of benzene rings is 2. The number of aliphatic imine (C=N–C) groups is 1. The number of hydrogen-bond acceptors (Lipinski definition) is 2. The van der Waals surface area contributed by atoms with Gasteiger partial charge < -0.3 is 4.90 Å². The lowest BCUT2D eigenvalue weighted by atomic mass is 10.1. The molecule has 0 saturated heterocycles. The first kappa shape index (κ1) is 15.5. The zero-order valence-corrected chi connectivity index (χ0v) is 13.9. The van der Waals surface area contributed by atoms with Crippen LogP contribution in [0.2, 0.25) is 0 Å². The van der Waals surface area contributed by atoms with Gasteiger partial charge in [0.15, 0.2) is 5.08 Å². The molecule has 0 aliphatic heterocycles. The second kappa shape index (κ2) is 7.23. The van der Waals surface area contributed by atoms with Crippen molar-refractivity contribution in [2.45, 2.75) is 12.0 Å². The lowest BCUT2D eigenvalue weighted by Crippen LogP contribution is -2.24. The third-order valence-corrected chi connectivity index (χ3v) is 4.16. The summed E-state index contributed by atoms with van der Waals surface area (Å²) in [7, 11) is 1.98. The van der Waals surface area contributed by atoms with Gasteiger partial charge in [-0.2, -0.15) is 0 Å². The van der Waals surface area contributed by atoms with Crippen molar-refractivity contribution in [3.8, 4) is 0 Å². The first-order valence-electron chi connectivity index (χ1n) is 6.80. The van der Waals surface area contributed by atoms with E-state index in [1.54, 1.807) is 0 Å². The maximum absolute atomic E-state index is 4.69. The van der Waals surface area contributed by atoms with Gasteiger partial charge in [0.2, 0.25) is 0 Å². The predicted octanol–water partition coefficient (Wildman–Crippen LogP) is 4.78. The summed E-state index contributed by atoms with van der Waals surface area (Å²) in [6, 6.07) is 20.3. The average Bonchev–Trinajstić information content (AvgIpc) is 2.55. The fourth-order valence-corrected chi connectivity index (χ4v) is 2.52. The van der Waals surface area contributed by atoms with Gasteiger partial charge in [-0.05, 0) is 34.0 Å². The van der Waals surface area contributed by atoms with Gasteiger partial charge in [0.1, 0.15) is 0 Å². The molecular weight excluding hydrogens is 324 g/mol. The highest BCUT2D eigenvalue weighted by Gasteiger charge is 2.13. The molecule has 0 radical (unpaired) electrons. The van der Waals surface area contributed by atoms with E-state index in [0.29, 0.717) is 0 Å². The van der Waals surface area contributed by atoms with Crippen LogP contribution >= 0.6 is 15.9 Å². The molecule has 108 valence electrons. The van der Waals surface area contributed by atoms with Crippen LogP contribution < -0.4 is 0 Å². The van der Waals surface area contributed by atoms with E-state index in [1.165, 1.54) is 0 Å². The van der Waals surface area contributed by atoms with Crippen LogP contribution in [0.15, 0.2) is 72.2 Å². The maximum Gasteiger partial charge on any atom is 0.177 e. The summed E-state index contributed by atoms with van der Waals surface area (Å²) in [5.41, 5.74) is 4.14. The van der Waals surface area contributed by atoms with Gasteiger partial charge in [0.05, 0.1) is 0 Å². The van der Waals surface area contributed by atoms with Crippen LogP contribution in [0.1, 0.15) is 18.1 Å². The molecule has 0 heterocycles. The quantitative estimate of drug-likeness (QED) is 0.433. The molecule has 0 saturated carbocycles. The lowest BCUT2D eigenvalue weighted by molar-refractivity contribution is 0.470. The van der Waals surface area contributed by atoms with E-state index in [9.17, 15) is 0 Å². The van der Waals surface area contributed by atoms with Crippen molar-refractivity contribution in [2.24, 2.45) is 4.99 Å². The van der Waals surface area contributed by atoms with Gasteiger partial charge >= 0.3 is 0 Å². The maximum atomic E-state index is 4.69. The molecule has 0 aromatic heterocycles. The van der Waals surface area contributed by atoms with Crippen molar-refractivity contribution in [1.82, 2.24) is 4.90 Å². The molecule has 0 aliphatic rings. The molecular formula is C18H19BrN2. The Morgan fingerprint density at radius 2 is 1.48 bits per heavy atom. The van der Waals surface area contributed by atoms with Crippen molar-refractivity contribution < 1.29 is 0 Å². The summed E-state index contributed by atoms with van der Waals surface area (Å²) in [6.45, 7) is 6.17. The van der Waals surface area contributed by atoms with Crippen molar-refractivity contribution in [3.63, 3.8) is 0 Å². The minimum Gasteiger partial charge on any atom is -0.344 e. The first-order valence-corrected chi connectivity index (χ1v) is 7.72. The molecule has 3 heteroatoms. The summed E-state index contributed by atoms with van der Waals surface area (Å²) in [5.74, 6) is 0. The number of nitrogens with zero attached hydrogens (tertiary/aromatic N) is 2. The normalized spacial score (nSPS) is 12.8. The van der Waals surface area contributed by atoms with Gasteiger partial charge in [0.25, 0.3) is 0 Å². The Kier molecular flexibility index (Phi) is 5.34. The molecule has 21 heavy (non-hydrogen) atoms. The molecule has 0 amide bonds. The molecule has 2 aromatic rings. The molecule has 1 atom stereocenters. The zero-order chi connectivity index (χ0) is 15.2. The fourth-order valence-electron chi connectivity index (χ4n) is 1.96. The Hall–Kier alpha value is -1.87. The number of alkyl halides is 1. The Bertz CT molecular complexity index is 620. The van der Waals surface area contributed by atoms with Crippen molar-refractivity contribution in [3.05, 3.63) is 78.4 Å². The summed E-state index contributed by atoms with van der Waals surface area (Å²) in [6.07, 6.45) is 0. The van der Waals surface area contributed by atoms with Crippen LogP contribution in [-0.2, 0) is 0 Å². The number of hydrogen-bond donors (Lipinski definition) is 0. The molecule has 2 nitrogen and oxygen atoms in total. The van der Waals surface area contributed by atoms with Crippen molar-refractivity contribution in [1.29, 1.82) is 0 Å². The lowest BCUT2D eigenvalue weighted by Gasteiger charge is -2.25. The molecule has 0 aliphatic carbocycles. The minimum atomic E-state index is -0.148. The number of rotatable bonds is 5. The van der Waals surface area contributed by atoms with E-state index >= 15 is 0 Å². The highest BCUT2D eigenvalue weighted by molar-refractivity contribution is 9.09. The average molecular weight is 343 g/mol. The van der Waals surface area contributed by atoms with Crippen molar-refractivity contribution >= 4 is 27.3 Å². The smallest absolute Gasteiger partial charge is 0.177 e. The van der Waals surface area contributed by atoms with Gasteiger partial charge in [-0.25, -0.2) is 0 Å². The second-order valence-corrected chi connectivity index (χ2v) is 5.63. The Morgan fingerprint density at radius 3 is 2.00 bits per heavy atom.